The molecule has 0 amide bonds. The van der Waals surface area contributed by atoms with Gasteiger partial charge in [0.2, 0.25) is 0 Å². The molecule has 2 saturated carbocycles. The van der Waals surface area contributed by atoms with E-state index in [-0.39, 0.29) is 34.5 Å². The van der Waals surface area contributed by atoms with Crippen LogP contribution in [0, 0.1) is 23.7 Å². The SMILES string of the molecule is COC(=O)C1C2CC3C(OC(=O)C31)C2OC(=O)CCOC(=O)C(C)([I-]C)C12NI1N2. The summed E-state index contributed by atoms with van der Waals surface area (Å²) < 4.78 is 27.4. The predicted molar refractivity (Wildman–Crippen MR) is 103 cm³/mol. The number of methoxy groups -OCH3 is 1. The Morgan fingerprint density at radius 1 is 1.33 bits per heavy atom. The van der Waals surface area contributed by atoms with Gasteiger partial charge in [0.25, 0.3) is 0 Å². The summed E-state index contributed by atoms with van der Waals surface area (Å²) in [5, 5.41) is 0. The summed E-state index contributed by atoms with van der Waals surface area (Å²) in [5.74, 6) is -3.23. The van der Waals surface area contributed by atoms with Crippen LogP contribution in [-0.2, 0) is 38.1 Å². The van der Waals surface area contributed by atoms with Crippen molar-refractivity contribution in [3.63, 3.8) is 0 Å². The van der Waals surface area contributed by atoms with Crippen molar-refractivity contribution >= 4 is 44.2 Å². The van der Waals surface area contributed by atoms with Gasteiger partial charge in [0.1, 0.15) is 0 Å². The Morgan fingerprint density at radius 2 is 2.03 bits per heavy atom. The van der Waals surface area contributed by atoms with Gasteiger partial charge in [0.15, 0.2) is 0 Å². The molecule has 5 rings (SSSR count). The molecule has 0 aromatic heterocycles. The molecule has 0 spiro atoms. The van der Waals surface area contributed by atoms with Crippen LogP contribution in [0.3, 0.4) is 0 Å². The van der Waals surface area contributed by atoms with E-state index >= 15 is 0 Å². The summed E-state index contributed by atoms with van der Waals surface area (Å²) in [5.41, 5.74) is 0. The zero-order chi connectivity index (χ0) is 21.4. The van der Waals surface area contributed by atoms with Crippen LogP contribution in [0.2, 0.25) is 0 Å². The van der Waals surface area contributed by atoms with Crippen molar-refractivity contribution in [1.29, 1.82) is 0 Å². The fourth-order valence-electron chi connectivity index (χ4n) is 5.11. The monoisotopic (exact) mass is 649 g/mol. The molecule has 12 heteroatoms. The number of nitrogens with one attached hydrogen (secondary N) is 2. The van der Waals surface area contributed by atoms with E-state index < -0.39 is 86.9 Å². The molecule has 2 N–H and O–H groups in total. The summed E-state index contributed by atoms with van der Waals surface area (Å²) in [7, 11) is 1.28. The van der Waals surface area contributed by atoms with Crippen molar-refractivity contribution in [2.75, 3.05) is 18.6 Å². The average Bonchev–Trinajstić information content (AvgIpc) is 3.48. The molecule has 0 radical (unpaired) electrons. The first-order valence-electron chi connectivity index (χ1n) is 9.68. The van der Waals surface area contributed by atoms with Crippen LogP contribution < -0.4 is 28.3 Å². The third-order valence-corrected chi connectivity index (χ3v) is 16.2. The quantitative estimate of drug-likeness (QED) is 0.0516. The second kappa shape index (κ2) is 7.13. The Hall–Kier alpha value is -0.740. The molecule has 5 aliphatic rings. The van der Waals surface area contributed by atoms with Gasteiger partial charge in [-0.1, -0.05) is 0 Å². The van der Waals surface area contributed by atoms with E-state index in [0.717, 1.165) is 0 Å². The number of hydrogen-bond acceptors (Lipinski definition) is 10. The van der Waals surface area contributed by atoms with Crippen LogP contribution in [0.25, 0.3) is 0 Å². The molecule has 2 aliphatic carbocycles. The molecule has 5 fully saturated rings. The Bertz CT molecular complexity index is 833. The Balaban J connectivity index is 1.16. The summed E-state index contributed by atoms with van der Waals surface area (Å²) in [6.07, 6.45) is -0.646. The minimum absolute atomic E-state index is 0.0599. The zero-order valence-electron chi connectivity index (χ0n) is 16.6. The number of fused-ring (bicyclic) bond motifs is 2. The van der Waals surface area contributed by atoms with E-state index in [0.29, 0.717) is 6.42 Å². The number of rotatable bonds is 8. The minimum atomic E-state index is -1.28. The first kappa shape index (κ1) is 21.1. The first-order valence-corrected chi connectivity index (χ1v) is 16.2. The van der Waals surface area contributed by atoms with Crippen LogP contribution in [-0.4, -0.2) is 61.8 Å². The fraction of sp³-hybridized carbons (Fsp3) is 0.778. The maximum atomic E-state index is 12.6. The van der Waals surface area contributed by atoms with Gasteiger partial charge in [-0.3, -0.25) is 0 Å². The Kier molecular flexibility index (Phi) is 5.02. The summed E-state index contributed by atoms with van der Waals surface area (Å²) >= 11 is -1.69. The topological polar surface area (TPSA) is 149 Å². The van der Waals surface area contributed by atoms with Crippen LogP contribution in [0.5, 0.6) is 0 Å². The number of ether oxygens (including phenoxy) is 4. The van der Waals surface area contributed by atoms with E-state index in [1.807, 2.05) is 6.92 Å². The van der Waals surface area contributed by atoms with E-state index in [9.17, 15) is 19.2 Å². The molecule has 0 aromatic rings. The molecule has 3 saturated heterocycles. The summed E-state index contributed by atoms with van der Waals surface area (Å²) in [6, 6.07) is 0. The molecule has 7 atom stereocenters. The molecule has 0 aromatic carbocycles. The molecule has 7 unspecified atom stereocenters. The molecule has 3 aliphatic heterocycles. The number of alkyl halides is 3. The second-order valence-electron chi connectivity index (χ2n) is 8.20. The van der Waals surface area contributed by atoms with Gasteiger partial charge in [0, 0.05) is 0 Å². The molecule has 30 heavy (non-hydrogen) atoms. The number of halogens is 2. The standard InChI is InChI=1S/C18H23I2N2O8/c1-17(19-2,18-20(21-18)22-18)16(26)28-5-4-9(23)29-12-7-6-8-11(10(7)14(24)27-3)15(25)30-13(8)12/h7-8,10-13,21-22H,4-6H2,1-3H3/q-1. The van der Waals surface area contributed by atoms with Gasteiger partial charge in [0.05, 0.1) is 7.11 Å². The second-order valence-corrected chi connectivity index (χ2v) is 15.8. The normalized spacial score (nSPS) is 39.0. The van der Waals surface area contributed by atoms with E-state index in [1.165, 1.54) is 7.11 Å². The Labute approximate surface area is 191 Å². The molecule has 10 nitrogen and oxygen atoms in total. The number of esters is 4. The van der Waals surface area contributed by atoms with Crippen molar-refractivity contribution in [1.82, 2.24) is 7.06 Å². The molecule has 2 bridgehead atoms. The molecule has 3 heterocycles. The molecular formula is C18H23I2N2O8-. The van der Waals surface area contributed by atoms with E-state index in [1.54, 1.807) is 0 Å². The molecule has 168 valence electrons. The first-order chi connectivity index (χ1) is 14.3. The van der Waals surface area contributed by atoms with Gasteiger partial charge in [-0.25, -0.2) is 0 Å². The van der Waals surface area contributed by atoms with Gasteiger partial charge >= 0.3 is 185 Å². The van der Waals surface area contributed by atoms with Crippen molar-refractivity contribution in [2.24, 2.45) is 23.7 Å². The van der Waals surface area contributed by atoms with Crippen LogP contribution in [0.4, 0.5) is 0 Å². The Morgan fingerprint density at radius 3 is 2.63 bits per heavy atom. The molecular weight excluding hydrogens is 626 g/mol. The zero-order valence-corrected chi connectivity index (χ0v) is 20.9. The van der Waals surface area contributed by atoms with E-state index in [2.05, 4.69) is 12.0 Å². The summed E-state index contributed by atoms with van der Waals surface area (Å²) in [4.78, 5) is 51.5. The van der Waals surface area contributed by atoms with Crippen molar-refractivity contribution in [3.8, 4) is 0 Å². The van der Waals surface area contributed by atoms with Gasteiger partial charge in [-0.2, -0.15) is 0 Å². The number of carbonyl (C=O) groups excluding carboxylic acids is 4. The average molecular weight is 649 g/mol. The van der Waals surface area contributed by atoms with Gasteiger partial charge in [-0.05, 0) is 0 Å². The third kappa shape index (κ3) is 2.85. The predicted octanol–water partition coefficient (Wildman–Crippen LogP) is -3.51. The van der Waals surface area contributed by atoms with Crippen molar-refractivity contribution in [2.45, 2.75) is 39.1 Å². The van der Waals surface area contributed by atoms with Crippen LogP contribution in [0.1, 0.15) is 19.8 Å². The van der Waals surface area contributed by atoms with Crippen molar-refractivity contribution in [3.05, 3.63) is 0 Å². The maximum absolute atomic E-state index is 12.6. The van der Waals surface area contributed by atoms with E-state index in [4.69, 9.17) is 18.9 Å². The van der Waals surface area contributed by atoms with Gasteiger partial charge < -0.3 is 0 Å². The fourth-order valence-corrected chi connectivity index (χ4v) is 15.4. The third-order valence-electron chi connectivity index (χ3n) is 6.90. The van der Waals surface area contributed by atoms with Crippen molar-refractivity contribution < 1.29 is 59.3 Å². The van der Waals surface area contributed by atoms with Gasteiger partial charge in [-0.15, -0.1) is 0 Å². The number of hydrogen-bond donors (Lipinski definition) is 2. The van der Waals surface area contributed by atoms with Crippen LogP contribution in [0.15, 0.2) is 0 Å². The van der Waals surface area contributed by atoms with Crippen LogP contribution >= 0.6 is 20.4 Å². The summed E-state index contributed by atoms with van der Waals surface area (Å²) in [6.45, 7) is 1.87. The number of carbonyl (C=O) groups is 4.